The number of ether oxygens (including phenoxy) is 1. The van der Waals surface area contributed by atoms with Gasteiger partial charge in [-0.1, -0.05) is 11.6 Å². The van der Waals surface area contributed by atoms with Crippen molar-refractivity contribution in [3.8, 4) is 5.69 Å². The Morgan fingerprint density at radius 3 is 2.89 bits per heavy atom. The summed E-state index contributed by atoms with van der Waals surface area (Å²) in [6, 6.07) is 4.76. The highest BCUT2D eigenvalue weighted by Gasteiger charge is 2.12. The number of benzene rings is 1. The summed E-state index contributed by atoms with van der Waals surface area (Å²) >= 11 is 5.89. The first-order chi connectivity index (χ1) is 8.65. The summed E-state index contributed by atoms with van der Waals surface area (Å²) < 4.78 is 5.86. The number of esters is 1. The average Bonchev–Trinajstić information content (AvgIpc) is 2.87. The SMILES string of the molecule is COC(=O)c1ncn(-c2ccc(C=O)c(Cl)c2)n1. The molecule has 7 heteroatoms. The molecule has 18 heavy (non-hydrogen) atoms. The minimum atomic E-state index is -0.621. The molecule has 0 aliphatic heterocycles. The van der Waals surface area contributed by atoms with Crippen LogP contribution in [0.3, 0.4) is 0 Å². The molecule has 1 heterocycles. The van der Waals surface area contributed by atoms with Gasteiger partial charge in [0.2, 0.25) is 0 Å². The van der Waals surface area contributed by atoms with E-state index in [9.17, 15) is 9.59 Å². The molecular weight excluding hydrogens is 258 g/mol. The monoisotopic (exact) mass is 265 g/mol. The molecule has 0 amide bonds. The minimum absolute atomic E-state index is 0.0481. The quantitative estimate of drug-likeness (QED) is 0.621. The molecule has 92 valence electrons. The van der Waals surface area contributed by atoms with Crippen LogP contribution < -0.4 is 0 Å². The third-order valence-electron chi connectivity index (χ3n) is 2.24. The van der Waals surface area contributed by atoms with E-state index in [0.717, 1.165) is 0 Å². The average molecular weight is 266 g/mol. The van der Waals surface area contributed by atoms with Gasteiger partial charge in [0.15, 0.2) is 6.29 Å². The number of rotatable bonds is 3. The number of methoxy groups -OCH3 is 1. The molecule has 0 spiro atoms. The highest BCUT2D eigenvalue weighted by atomic mass is 35.5. The van der Waals surface area contributed by atoms with Crippen LogP contribution in [0.25, 0.3) is 5.69 Å². The summed E-state index contributed by atoms with van der Waals surface area (Å²) in [5, 5.41) is 4.24. The minimum Gasteiger partial charge on any atom is -0.463 e. The van der Waals surface area contributed by atoms with Gasteiger partial charge in [-0.15, -0.1) is 5.10 Å². The van der Waals surface area contributed by atoms with Crippen LogP contribution in [0.15, 0.2) is 24.5 Å². The number of hydrogen-bond donors (Lipinski definition) is 0. The van der Waals surface area contributed by atoms with Crippen LogP contribution in [0.1, 0.15) is 21.0 Å². The van der Waals surface area contributed by atoms with Crippen molar-refractivity contribution in [1.82, 2.24) is 14.8 Å². The summed E-state index contributed by atoms with van der Waals surface area (Å²) in [6.07, 6.45) is 2.02. The standard InChI is InChI=1S/C11H8ClN3O3/c1-18-11(17)10-13-6-15(14-10)8-3-2-7(5-16)9(12)4-8/h2-6H,1H3. The molecule has 0 N–H and O–H groups in total. The van der Waals surface area contributed by atoms with Crippen molar-refractivity contribution >= 4 is 23.9 Å². The molecule has 1 aromatic carbocycles. The lowest BCUT2D eigenvalue weighted by Crippen LogP contribution is -2.05. The zero-order valence-electron chi connectivity index (χ0n) is 9.33. The summed E-state index contributed by atoms with van der Waals surface area (Å²) in [5.74, 6) is -0.669. The van der Waals surface area contributed by atoms with Crippen molar-refractivity contribution in [2.24, 2.45) is 0 Å². The van der Waals surface area contributed by atoms with Crippen molar-refractivity contribution in [3.05, 3.63) is 40.9 Å². The van der Waals surface area contributed by atoms with E-state index in [1.165, 1.54) is 18.1 Å². The predicted molar refractivity (Wildman–Crippen MR) is 63.1 cm³/mol. The summed E-state index contributed by atoms with van der Waals surface area (Å²) in [7, 11) is 1.25. The van der Waals surface area contributed by atoms with Crippen molar-refractivity contribution in [2.75, 3.05) is 7.11 Å². The molecule has 0 aliphatic rings. The lowest BCUT2D eigenvalue weighted by atomic mass is 10.2. The van der Waals surface area contributed by atoms with Gasteiger partial charge in [-0.3, -0.25) is 4.79 Å². The van der Waals surface area contributed by atoms with E-state index in [1.807, 2.05) is 0 Å². The Bertz CT molecular complexity index is 609. The first-order valence-corrected chi connectivity index (χ1v) is 5.28. The van der Waals surface area contributed by atoms with E-state index in [0.29, 0.717) is 22.6 Å². The van der Waals surface area contributed by atoms with Crippen molar-refractivity contribution in [1.29, 1.82) is 0 Å². The molecule has 0 saturated carbocycles. The second-order valence-electron chi connectivity index (χ2n) is 3.33. The zero-order valence-corrected chi connectivity index (χ0v) is 10.1. The van der Waals surface area contributed by atoms with E-state index < -0.39 is 5.97 Å². The van der Waals surface area contributed by atoms with Gasteiger partial charge in [0.05, 0.1) is 17.8 Å². The third-order valence-corrected chi connectivity index (χ3v) is 2.56. The maximum absolute atomic E-state index is 11.2. The first kappa shape index (κ1) is 12.3. The maximum atomic E-state index is 11.2. The van der Waals surface area contributed by atoms with Crippen LogP contribution in [0, 0.1) is 0 Å². The number of halogens is 1. The largest absolute Gasteiger partial charge is 0.463 e. The molecule has 1 aromatic heterocycles. The molecule has 2 rings (SSSR count). The highest BCUT2D eigenvalue weighted by Crippen LogP contribution is 2.18. The van der Waals surface area contributed by atoms with Crippen LogP contribution in [0.2, 0.25) is 5.02 Å². The van der Waals surface area contributed by atoms with Crippen LogP contribution >= 0.6 is 11.6 Å². The summed E-state index contributed by atoms with van der Waals surface area (Å²) in [5.41, 5.74) is 0.974. The molecule has 0 atom stereocenters. The van der Waals surface area contributed by atoms with E-state index >= 15 is 0 Å². The third kappa shape index (κ3) is 2.23. The number of carbonyl (C=O) groups excluding carboxylic acids is 2. The second kappa shape index (κ2) is 4.97. The topological polar surface area (TPSA) is 74.1 Å². The Hall–Kier alpha value is -2.21. The Labute approximate surface area is 107 Å². The number of aromatic nitrogens is 3. The van der Waals surface area contributed by atoms with Crippen LogP contribution in [0.4, 0.5) is 0 Å². The molecule has 0 radical (unpaired) electrons. The number of hydrogen-bond acceptors (Lipinski definition) is 5. The zero-order chi connectivity index (χ0) is 13.1. The lowest BCUT2D eigenvalue weighted by molar-refractivity contribution is 0.0587. The van der Waals surface area contributed by atoms with Gasteiger partial charge < -0.3 is 4.74 Å². The maximum Gasteiger partial charge on any atom is 0.377 e. The fraction of sp³-hybridized carbons (Fsp3) is 0.0909. The normalized spacial score (nSPS) is 10.1. The molecule has 0 aliphatic carbocycles. The first-order valence-electron chi connectivity index (χ1n) is 4.91. The fourth-order valence-electron chi connectivity index (χ4n) is 1.33. The molecule has 0 bridgehead atoms. The van der Waals surface area contributed by atoms with E-state index in [1.54, 1.807) is 18.2 Å². The van der Waals surface area contributed by atoms with E-state index in [-0.39, 0.29) is 5.82 Å². The highest BCUT2D eigenvalue weighted by molar-refractivity contribution is 6.33. The van der Waals surface area contributed by atoms with Crippen LogP contribution in [-0.2, 0) is 4.74 Å². The molecule has 0 fully saturated rings. The van der Waals surface area contributed by atoms with Gasteiger partial charge in [-0.2, -0.15) is 0 Å². The fourth-order valence-corrected chi connectivity index (χ4v) is 1.55. The molecule has 6 nitrogen and oxygen atoms in total. The Balaban J connectivity index is 2.37. The second-order valence-corrected chi connectivity index (χ2v) is 3.74. The number of nitrogens with zero attached hydrogens (tertiary/aromatic N) is 3. The van der Waals surface area contributed by atoms with Crippen LogP contribution in [-0.4, -0.2) is 34.1 Å². The molecular formula is C11H8ClN3O3. The van der Waals surface area contributed by atoms with Crippen molar-refractivity contribution in [3.63, 3.8) is 0 Å². The molecule has 0 unspecified atom stereocenters. The van der Waals surface area contributed by atoms with Crippen molar-refractivity contribution in [2.45, 2.75) is 0 Å². The van der Waals surface area contributed by atoms with Crippen molar-refractivity contribution < 1.29 is 14.3 Å². The summed E-state index contributed by atoms with van der Waals surface area (Å²) in [6.45, 7) is 0. The molecule has 0 saturated heterocycles. The van der Waals surface area contributed by atoms with E-state index in [2.05, 4.69) is 14.8 Å². The Kier molecular flexibility index (Phi) is 3.38. The lowest BCUT2D eigenvalue weighted by Gasteiger charge is -2.02. The number of carbonyl (C=O) groups is 2. The molecule has 2 aromatic rings. The van der Waals surface area contributed by atoms with Gasteiger partial charge in [-0.25, -0.2) is 14.5 Å². The van der Waals surface area contributed by atoms with Gasteiger partial charge in [-0.05, 0) is 18.2 Å². The van der Waals surface area contributed by atoms with Crippen LogP contribution in [0.5, 0.6) is 0 Å². The van der Waals surface area contributed by atoms with Gasteiger partial charge in [0.1, 0.15) is 6.33 Å². The number of aldehydes is 1. The van der Waals surface area contributed by atoms with Gasteiger partial charge >= 0.3 is 5.97 Å². The predicted octanol–water partition coefficient (Wildman–Crippen LogP) is 1.52. The van der Waals surface area contributed by atoms with Gasteiger partial charge in [0, 0.05) is 5.56 Å². The smallest absolute Gasteiger partial charge is 0.377 e. The van der Waals surface area contributed by atoms with Gasteiger partial charge in [0.25, 0.3) is 5.82 Å². The Morgan fingerprint density at radius 2 is 2.28 bits per heavy atom. The Morgan fingerprint density at radius 1 is 1.50 bits per heavy atom. The van der Waals surface area contributed by atoms with E-state index in [4.69, 9.17) is 11.6 Å². The summed E-state index contributed by atoms with van der Waals surface area (Å²) in [4.78, 5) is 25.6.